The van der Waals surface area contributed by atoms with Crippen molar-refractivity contribution in [3.8, 4) is 0 Å². The monoisotopic (exact) mass is 301 g/mol. The van der Waals surface area contributed by atoms with Gasteiger partial charge in [-0.15, -0.1) is 0 Å². The first-order valence-corrected chi connectivity index (χ1v) is 6.97. The Kier molecular flexibility index (Phi) is 4.22. The average molecular weight is 302 g/mol. The molecular weight excluding hydrogens is 282 g/mol. The van der Waals surface area contributed by atoms with Gasteiger partial charge in [-0.1, -0.05) is 0 Å². The standard InChI is InChI=1S/C12H20BrN3O/c1-3-16-11(12(13)8(2)15-16)6-9-7-17-5-4-10(9)14/h9-10H,3-7,14H2,1-2H3. The van der Waals surface area contributed by atoms with Crippen LogP contribution in [0.2, 0.25) is 0 Å². The molecule has 2 N–H and O–H groups in total. The van der Waals surface area contributed by atoms with E-state index in [4.69, 9.17) is 10.5 Å². The lowest BCUT2D eigenvalue weighted by atomic mass is 9.92. The third kappa shape index (κ3) is 2.72. The number of nitrogens with two attached hydrogens (primary N) is 1. The molecule has 0 spiro atoms. The van der Waals surface area contributed by atoms with Gasteiger partial charge in [0.25, 0.3) is 0 Å². The van der Waals surface area contributed by atoms with E-state index in [-0.39, 0.29) is 6.04 Å². The topological polar surface area (TPSA) is 53.1 Å². The number of rotatable bonds is 3. The molecule has 2 heterocycles. The molecule has 1 aliphatic rings. The molecule has 0 saturated carbocycles. The highest BCUT2D eigenvalue weighted by molar-refractivity contribution is 9.10. The largest absolute Gasteiger partial charge is 0.381 e. The molecule has 0 radical (unpaired) electrons. The molecule has 17 heavy (non-hydrogen) atoms. The van der Waals surface area contributed by atoms with Crippen LogP contribution < -0.4 is 5.73 Å². The molecule has 1 fully saturated rings. The maximum Gasteiger partial charge on any atom is 0.0738 e. The molecular formula is C12H20BrN3O. The van der Waals surface area contributed by atoms with Crippen LogP contribution in [0.1, 0.15) is 24.7 Å². The van der Waals surface area contributed by atoms with Crippen molar-refractivity contribution < 1.29 is 4.74 Å². The Morgan fingerprint density at radius 1 is 1.59 bits per heavy atom. The Morgan fingerprint density at radius 2 is 2.35 bits per heavy atom. The van der Waals surface area contributed by atoms with Crippen LogP contribution in [0.3, 0.4) is 0 Å². The van der Waals surface area contributed by atoms with Crippen LogP contribution in [-0.2, 0) is 17.7 Å². The highest BCUT2D eigenvalue weighted by Crippen LogP contribution is 2.26. The molecule has 1 aliphatic heterocycles. The van der Waals surface area contributed by atoms with Gasteiger partial charge in [-0.2, -0.15) is 5.10 Å². The van der Waals surface area contributed by atoms with Crippen LogP contribution in [0.15, 0.2) is 4.47 Å². The molecule has 0 amide bonds. The molecule has 0 aromatic carbocycles. The van der Waals surface area contributed by atoms with Gasteiger partial charge in [0.2, 0.25) is 0 Å². The van der Waals surface area contributed by atoms with Crippen LogP contribution in [0.25, 0.3) is 0 Å². The van der Waals surface area contributed by atoms with Crippen LogP contribution in [0.4, 0.5) is 0 Å². The van der Waals surface area contributed by atoms with Crippen molar-refractivity contribution in [1.82, 2.24) is 9.78 Å². The fourth-order valence-corrected chi connectivity index (χ4v) is 2.78. The minimum atomic E-state index is 0.246. The van der Waals surface area contributed by atoms with Gasteiger partial charge in [-0.05, 0) is 42.6 Å². The normalized spacial score (nSPS) is 25.2. The molecule has 2 rings (SSSR count). The van der Waals surface area contributed by atoms with Crippen molar-refractivity contribution in [1.29, 1.82) is 0 Å². The first-order chi connectivity index (χ1) is 8.13. The Balaban J connectivity index is 2.16. The molecule has 4 nitrogen and oxygen atoms in total. The first kappa shape index (κ1) is 13.1. The van der Waals surface area contributed by atoms with E-state index in [1.165, 1.54) is 5.69 Å². The number of halogens is 1. The Morgan fingerprint density at radius 3 is 3.00 bits per heavy atom. The minimum absolute atomic E-state index is 0.246. The number of aromatic nitrogens is 2. The lowest BCUT2D eigenvalue weighted by Crippen LogP contribution is -2.40. The van der Waals surface area contributed by atoms with Crippen LogP contribution in [-0.4, -0.2) is 29.0 Å². The second kappa shape index (κ2) is 5.50. The van der Waals surface area contributed by atoms with E-state index in [0.717, 1.165) is 42.8 Å². The predicted octanol–water partition coefficient (Wildman–Crippen LogP) is 1.88. The van der Waals surface area contributed by atoms with Gasteiger partial charge < -0.3 is 10.5 Å². The summed E-state index contributed by atoms with van der Waals surface area (Å²) in [5.74, 6) is 0.404. The fourth-order valence-electron chi connectivity index (χ4n) is 2.34. The summed E-state index contributed by atoms with van der Waals surface area (Å²) in [7, 11) is 0. The van der Waals surface area contributed by atoms with E-state index in [1.807, 2.05) is 6.92 Å². The van der Waals surface area contributed by atoms with Crippen molar-refractivity contribution >= 4 is 15.9 Å². The van der Waals surface area contributed by atoms with E-state index in [0.29, 0.717) is 5.92 Å². The summed E-state index contributed by atoms with van der Waals surface area (Å²) in [6.45, 7) is 6.59. The lowest BCUT2D eigenvalue weighted by molar-refractivity contribution is 0.0414. The van der Waals surface area contributed by atoms with E-state index in [2.05, 4.69) is 32.6 Å². The summed E-state index contributed by atoms with van der Waals surface area (Å²) in [6.07, 6.45) is 1.90. The van der Waals surface area contributed by atoms with E-state index < -0.39 is 0 Å². The van der Waals surface area contributed by atoms with Gasteiger partial charge >= 0.3 is 0 Å². The zero-order chi connectivity index (χ0) is 12.4. The lowest BCUT2D eigenvalue weighted by Gasteiger charge is -2.28. The zero-order valence-electron chi connectivity index (χ0n) is 10.4. The number of nitrogens with zero attached hydrogens (tertiary/aromatic N) is 2. The van der Waals surface area contributed by atoms with E-state index in [9.17, 15) is 0 Å². The Hall–Kier alpha value is -0.390. The summed E-state index contributed by atoms with van der Waals surface area (Å²) in [6, 6.07) is 0.246. The summed E-state index contributed by atoms with van der Waals surface area (Å²) >= 11 is 3.62. The fraction of sp³-hybridized carbons (Fsp3) is 0.750. The summed E-state index contributed by atoms with van der Waals surface area (Å²) < 4.78 is 8.70. The van der Waals surface area contributed by atoms with Gasteiger partial charge in [-0.25, -0.2) is 0 Å². The summed E-state index contributed by atoms with van der Waals surface area (Å²) in [5, 5.41) is 4.51. The summed E-state index contributed by atoms with van der Waals surface area (Å²) in [4.78, 5) is 0. The van der Waals surface area contributed by atoms with Gasteiger partial charge in [0.05, 0.1) is 22.5 Å². The molecule has 2 atom stereocenters. The maximum atomic E-state index is 6.15. The maximum absolute atomic E-state index is 6.15. The average Bonchev–Trinajstić information content (AvgIpc) is 2.59. The SMILES string of the molecule is CCn1nc(C)c(Br)c1CC1COCCC1N. The minimum Gasteiger partial charge on any atom is -0.381 e. The first-order valence-electron chi connectivity index (χ1n) is 6.18. The van der Waals surface area contributed by atoms with Crippen molar-refractivity contribution in [3.63, 3.8) is 0 Å². The second-order valence-electron chi connectivity index (χ2n) is 4.65. The number of aryl methyl sites for hydroxylation is 2. The molecule has 0 aliphatic carbocycles. The van der Waals surface area contributed by atoms with Crippen LogP contribution in [0, 0.1) is 12.8 Å². The number of hydrogen-bond acceptors (Lipinski definition) is 3. The smallest absolute Gasteiger partial charge is 0.0738 e. The molecule has 5 heteroatoms. The Labute approximate surface area is 111 Å². The highest BCUT2D eigenvalue weighted by atomic mass is 79.9. The predicted molar refractivity (Wildman–Crippen MR) is 70.9 cm³/mol. The second-order valence-corrected chi connectivity index (χ2v) is 5.45. The van der Waals surface area contributed by atoms with Gasteiger partial charge in [0, 0.05) is 25.1 Å². The summed E-state index contributed by atoms with van der Waals surface area (Å²) in [5.41, 5.74) is 8.44. The molecule has 1 saturated heterocycles. The van der Waals surface area contributed by atoms with E-state index >= 15 is 0 Å². The van der Waals surface area contributed by atoms with Crippen molar-refractivity contribution in [3.05, 3.63) is 15.9 Å². The quantitative estimate of drug-likeness (QED) is 0.927. The molecule has 1 aromatic heterocycles. The van der Waals surface area contributed by atoms with Crippen LogP contribution in [0.5, 0.6) is 0 Å². The zero-order valence-corrected chi connectivity index (χ0v) is 12.0. The highest BCUT2D eigenvalue weighted by Gasteiger charge is 2.25. The molecule has 0 bridgehead atoms. The van der Waals surface area contributed by atoms with Gasteiger partial charge in [0.1, 0.15) is 0 Å². The van der Waals surface area contributed by atoms with Gasteiger partial charge in [0.15, 0.2) is 0 Å². The third-order valence-electron chi connectivity index (χ3n) is 3.44. The van der Waals surface area contributed by atoms with E-state index in [1.54, 1.807) is 0 Å². The number of hydrogen-bond donors (Lipinski definition) is 1. The van der Waals surface area contributed by atoms with Crippen molar-refractivity contribution in [2.24, 2.45) is 11.7 Å². The van der Waals surface area contributed by atoms with Crippen LogP contribution >= 0.6 is 15.9 Å². The Bertz CT molecular complexity index is 391. The third-order valence-corrected chi connectivity index (χ3v) is 4.47. The van der Waals surface area contributed by atoms with Crippen molar-refractivity contribution in [2.75, 3.05) is 13.2 Å². The molecule has 2 unspecified atom stereocenters. The van der Waals surface area contributed by atoms with Gasteiger partial charge in [-0.3, -0.25) is 4.68 Å². The number of ether oxygens (including phenoxy) is 1. The molecule has 96 valence electrons. The molecule has 1 aromatic rings. The van der Waals surface area contributed by atoms with Crippen molar-refractivity contribution in [2.45, 2.75) is 39.3 Å².